The van der Waals surface area contributed by atoms with Crippen molar-refractivity contribution in [3.05, 3.63) is 41.5 Å². The van der Waals surface area contributed by atoms with Gasteiger partial charge in [-0.3, -0.25) is 4.79 Å². The predicted octanol–water partition coefficient (Wildman–Crippen LogP) is 0.411. The van der Waals surface area contributed by atoms with Crippen LogP contribution in [0.1, 0.15) is 5.56 Å². The highest BCUT2D eigenvalue weighted by molar-refractivity contribution is 7.89. The van der Waals surface area contributed by atoms with Crippen LogP contribution in [-0.2, 0) is 14.8 Å². The van der Waals surface area contributed by atoms with E-state index in [2.05, 4.69) is 0 Å². The fourth-order valence-corrected chi connectivity index (χ4v) is 3.11. The number of carbonyl (C=O) groups is 1. The quantitative estimate of drug-likeness (QED) is 0.860. The zero-order chi connectivity index (χ0) is 13.3. The maximum Gasteiger partial charge on any atom is 0.245 e. The maximum atomic E-state index is 12.3. The second-order valence-electron chi connectivity index (χ2n) is 4.20. The second kappa shape index (κ2) is 4.55. The van der Waals surface area contributed by atoms with Gasteiger partial charge in [-0.15, -0.1) is 0 Å². The Labute approximate surface area is 106 Å². The van der Waals surface area contributed by atoms with E-state index >= 15 is 0 Å². The molecule has 0 fully saturated rings. The first-order valence-electron chi connectivity index (χ1n) is 5.47. The van der Waals surface area contributed by atoms with Crippen molar-refractivity contribution in [3.63, 3.8) is 0 Å². The molecule has 0 saturated heterocycles. The first-order valence-corrected chi connectivity index (χ1v) is 6.91. The summed E-state index contributed by atoms with van der Waals surface area (Å²) in [4.78, 5) is 11.2. The number of hydrogen-bond donors (Lipinski definition) is 1. The van der Waals surface area contributed by atoms with E-state index in [1.54, 1.807) is 30.3 Å². The average Bonchev–Trinajstić information content (AvgIpc) is 2.79. The Balaban J connectivity index is 2.24. The summed E-state index contributed by atoms with van der Waals surface area (Å²) >= 11 is 0. The van der Waals surface area contributed by atoms with E-state index in [0.717, 1.165) is 5.56 Å². The highest BCUT2D eigenvalue weighted by Crippen LogP contribution is 2.20. The molecule has 18 heavy (non-hydrogen) atoms. The summed E-state index contributed by atoms with van der Waals surface area (Å²) in [6.07, 6.45) is 1.55. The minimum Gasteiger partial charge on any atom is -0.366 e. The van der Waals surface area contributed by atoms with Gasteiger partial charge in [-0.25, -0.2) is 8.42 Å². The lowest BCUT2D eigenvalue weighted by Gasteiger charge is -2.16. The molecule has 0 unspecified atom stereocenters. The number of sulfonamides is 1. The van der Waals surface area contributed by atoms with Gasteiger partial charge in [0, 0.05) is 18.7 Å². The fourth-order valence-electron chi connectivity index (χ4n) is 1.75. The lowest BCUT2D eigenvalue weighted by Crippen LogP contribution is -2.30. The third-order valence-electron chi connectivity index (χ3n) is 2.86. The molecule has 0 saturated carbocycles. The molecule has 1 aliphatic rings. The fraction of sp³-hybridized carbons (Fsp3) is 0.250. The van der Waals surface area contributed by atoms with Crippen molar-refractivity contribution in [2.75, 3.05) is 13.1 Å². The number of benzene rings is 1. The molecule has 0 atom stereocenters. The smallest absolute Gasteiger partial charge is 0.245 e. The first-order chi connectivity index (χ1) is 8.41. The van der Waals surface area contributed by atoms with Crippen LogP contribution < -0.4 is 5.73 Å². The van der Waals surface area contributed by atoms with Gasteiger partial charge in [0.1, 0.15) is 0 Å². The molecule has 6 heteroatoms. The molecule has 1 amide bonds. The van der Waals surface area contributed by atoms with Crippen molar-refractivity contribution in [2.45, 2.75) is 11.8 Å². The van der Waals surface area contributed by atoms with Crippen LogP contribution in [0.25, 0.3) is 0 Å². The molecule has 1 aromatic carbocycles. The summed E-state index contributed by atoms with van der Waals surface area (Å²) in [5.74, 6) is -0.573. The number of aryl methyl sites for hydroxylation is 1. The second-order valence-corrected chi connectivity index (χ2v) is 6.14. The summed E-state index contributed by atoms with van der Waals surface area (Å²) in [6, 6.07) is 6.61. The normalized spacial score (nSPS) is 16.6. The maximum absolute atomic E-state index is 12.3. The number of hydrogen-bond acceptors (Lipinski definition) is 3. The predicted molar refractivity (Wildman–Crippen MR) is 67.2 cm³/mol. The molecule has 1 heterocycles. The summed E-state index contributed by atoms with van der Waals surface area (Å²) in [5, 5.41) is 0. The van der Waals surface area contributed by atoms with Crippen LogP contribution in [-0.4, -0.2) is 31.7 Å². The topological polar surface area (TPSA) is 80.5 Å². The van der Waals surface area contributed by atoms with Crippen LogP contribution in [0, 0.1) is 6.92 Å². The van der Waals surface area contributed by atoms with Crippen molar-refractivity contribution in [3.8, 4) is 0 Å². The van der Waals surface area contributed by atoms with E-state index < -0.39 is 15.9 Å². The van der Waals surface area contributed by atoms with E-state index in [0.29, 0.717) is 5.57 Å². The van der Waals surface area contributed by atoms with Crippen LogP contribution in [0.15, 0.2) is 40.8 Å². The molecular weight excluding hydrogens is 252 g/mol. The summed E-state index contributed by atoms with van der Waals surface area (Å²) in [5.41, 5.74) is 6.46. The monoisotopic (exact) mass is 266 g/mol. The van der Waals surface area contributed by atoms with Gasteiger partial charge < -0.3 is 5.73 Å². The third-order valence-corrected chi connectivity index (χ3v) is 4.69. The van der Waals surface area contributed by atoms with Crippen LogP contribution in [0.5, 0.6) is 0 Å². The molecule has 0 aromatic heterocycles. The van der Waals surface area contributed by atoms with Gasteiger partial charge in [0.05, 0.1) is 4.90 Å². The van der Waals surface area contributed by atoms with Crippen LogP contribution >= 0.6 is 0 Å². The number of carbonyl (C=O) groups excluding carboxylic acids is 1. The number of amides is 1. The van der Waals surface area contributed by atoms with Gasteiger partial charge in [0.2, 0.25) is 15.9 Å². The Morgan fingerprint density at radius 3 is 2.39 bits per heavy atom. The minimum absolute atomic E-state index is 0.0472. The van der Waals surface area contributed by atoms with Crippen molar-refractivity contribution < 1.29 is 13.2 Å². The van der Waals surface area contributed by atoms with E-state index in [1.807, 2.05) is 6.92 Å². The van der Waals surface area contributed by atoms with Gasteiger partial charge in [-0.2, -0.15) is 4.31 Å². The van der Waals surface area contributed by atoms with E-state index in [9.17, 15) is 13.2 Å². The standard InChI is InChI=1S/C12H14N2O3S/c1-9-2-4-11(5-3-9)18(16,17)14-7-6-10(8-14)12(13)15/h2-6H,7-8H2,1H3,(H2,13,15). The Kier molecular flexibility index (Phi) is 3.23. The average molecular weight is 266 g/mol. The molecule has 0 aliphatic carbocycles. The number of rotatable bonds is 3. The van der Waals surface area contributed by atoms with Crippen molar-refractivity contribution in [1.82, 2.24) is 4.31 Å². The van der Waals surface area contributed by atoms with Crippen molar-refractivity contribution >= 4 is 15.9 Å². The van der Waals surface area contributed by atoms with Gasteiger partial charge >= 0.3 is 0 Å². The van der Waals surface area contributed by atoms with Crippen LogP contribution in [0.2, 0.25) is 0 Å². The van der Waals surface area contributed by atoms with Crippen molar-refractivity contribution in [2.24, 2.45) is 5.73 Å². The molecule has 0 spiro atoms. The number of primary amides is 1. The first kappa shape index (κ1) is 12.8. The summed E-state index contributed by atoms with van der Waals surface area (Å²) in [6.45, 7) is 2.12. The Morgan fingerprint density at radius 1 is 1.28 bits per heavy atom. The van der Waals surface area contributed by atoms with Crippen LogP contribution in [0.3, 0.4) is 0 Å². The van der Waals surface area contributed by atoms with Gasteiger partial charge in [0.25, 0.3) is 0 Å². The van der Waals surface area contributed by atoms with Crippen LogP contribution in [0.4, 0.5) is 0 Å². The lowest BCUT2D eigenvalue weighted by molar-refractivity contribution is -0.114. The summed E-state index contributed by atoms with van der Waals surface area (Å²) < 4.78 is 25.7. The highest BCUT2D eigenvalue weighted by atomic mass is 32.2. The molecule has 1 aliphatic heterocycles. The van der Waals surface area contributed by atoms with Gasteiger partial charge in [-0.05, 0) is 19.1 Å². The SMILES string of the molecule is Cc1ccc(S(=O)(=O)N2CC=C(C(N)=O)C2)cc1. The zero-order valence-corrected chi connectivity index (χ0v) is 10.8. The minimum atomic E-state index is -3.55. The van der Waals surface area contributed by atoms with E-state index in [4.69, 9.17) is 5.73 Å². The highest BCUT2D eigenvalue weighted by Gasteiger charge is 2.29. The van der Waals surface area contributed by atoms with E-state index in [1.165, 1.54) is 4.31 Å². The lowest BCUT2D eigenvalue weighted by atomic mass is 10.2. The Morgan fingerprint density at radius 2 is 1.89 bits per heavy atom. The van der Waals surface area contributed by atoms with E-state index in [-0.39, 0.29) is 18.0 Å². The molecule has 5 nitrogen and oxygen atoms in total. The molecular formula is C12H14N2O3S. The zero-order valence-electron chi connectivity index (χ0n) is 9.96. The molecule has 0 bridgehead atoms. The Hall–Kier alpha value is -1.66. The molecule has 2 N–H and O–H groups in total. The van der Waals surface area contributed by atoms with Gasteiger partial charge in [0.15, 0.2) is 0 Å². The molecule has 96 valence electrons. The summed E-state index contributed by atoms with van der Waals surface area (Å²) in [7, 11) is -3.55. The largest absolute Gasteiger partial charge is 0.366 e. The molecule has 1 aromatic rings. The third kappa shape index (κ3) is 2.30. The van der Waals surface area contributed by atoms with Gasteiger partial charge in [-0.1, -0.05) is 23.8 Å². The molecule has 2 rings (SSSR count). The Bertz CT molecular complexity index is 603. The number of nitrogens with zero attached hydrogens (tertiary/aromatic N) is 1. The number of nitrogens with two attached hydrogens (primary N) is 1. The molecule has 0 radical (unpaired) electrons. The van der Waals surface area contributed by atoms with Crippen molar-refractivity contribution in [1.29, 1.82) is 0 Å².